The monoisotopic (exact) mass is 542 g/mol. The number of alkyl halides is 4. The first-order valence-corrected chi connectivity index (χ1v) is 12.7. The third-order valence-electron chi connectivity index (χ3n) is 5.93. The van der Waals surface area contributed by atoms with E-state index in [0.717, 1.165) is 28.8 Å². The van der Waals surface area contributed by atoms with Crippen molar-refractivity contribution in [1.29, 1.82) is 0 Å². The van der Waals surface area contributed by atoms with E-state index >= 15 is 0 Å². The molecule has 1 fully saturated rings. The van der Waals surface area contributed by atoms with Gasteiger partial charge in [-0.15, -0.1) is 13.2 Å². The summed E-state index contributed by atoms with van der Waals surface area (Å²) in [6.45, 7) is -0.278. The number of likely N-dealkylation sites (tertiary alicyclic amines) is 1. The van der Waals surface area contributed by atoms with Gasteiger partial charge in [0.2, 0.25) is 0 Å². The first-order chi connectivity index (χ1) is 17.3. The van der Waals surface area contributed by atoms with Gasteiger partial charge < -0.3 is 20.7 Å². The summed E-state index contributed by atoms with van der Waals surface area (Å²) >= 11 is 0. The highest BCUT2D eigenvalue weighted by molar-refractivity contribution is 7.91. The Morgan fingerprint density at radius 1 is 1.14 bits per heavy atom. The number of amides is 3. The molecule has 1 aromatic heterocycles. The fourth-order valence-corrected chi connectivity index (χ4v) is 5.70. The number of urea groups is 1. The summed E-state index contributed by atoms with van der Waals surface area (Å²) in [5.41, 5.74) is 6.10. The number of rotatable bonds is 6. The van der Waals surface area contributed by atoms with Crippen LogP contribution in [0.2, 0.25) is 0 Å². The van der Waals surface area contributed by atoms with Crippen LogP contribution in [0.1, 0.15) is 12.8 Å². The van der Waals surface area contributed by atoms with Crippen molar-refractivity contribution in [2.45, 2.75) is 36.3 Å². The number of fused-ring (bicyclic) bond motifs is 1. The second-order valence-corrected chi connectivity index (χ2v) is 10.6. The molecular formula is C23H22F4N4O5S. The predicted octanol–water partition coefficient (Wildman–Crippen LogP) is 4.28. The molecule has 0 aliphatic carbocycles. The highest BCUT2D eigenvalue weighted by Gasteiger charge is 2.37. The molecule has 0 saturated carbocycles. The topological polar surface area (TPSA) is 124 Å². The SMILES string of the molecule is NC(=O)n1cc(NC(=O)N2C[C@H](F)C[C@H]2CCS(=O)(=O)c2cccc(OC(F)(F)F)c2)c2ccccc21. The van der Waals surface area contributed by atoms with Gasteiger partial charge in [-0.3, -0.25) is 4.57 Å². The minimum absolute atomic E-state index is 0.108. The summed E-state index contributed by atoms with van der Waals surface area (Å²) in [7, 11) is -4.07. The average Bonchev–Trinajstić information content (AvgIpc) is 3.37. The molecule has 3 aromatic rings. The van der Waals surface area contributed by atoms with Crippen molar-refractivity contribution in [1.82, 2.24) is 9.47 Å². The van der Waals surface area contributed by atoms with Gasteiger partial charge in [-0.2, -0.15) is 0 Å². The molecule has 14 heteroatoms. The Morgan fingerprint density at radius 3 is 2.57 bits per heavy atom. The lowest BCUT2D eigenvalue weighted by Crippen LogP contribution is -2.39. The molecule has 2 aromatic carbocycles. The fraction of sp³-hybridized carbons (Fsp3) is 0.304. The summed E-state index contributed by atoms with van der Waals surface area (Å²) in [4.78, 5) is 25.5. The number of benzene rings is 2. The van der Waals surface area contributed by atoms with Gasteiger partial charge in [0.15, 0.2) is 9.84 Å². The number of halogens is 4. The number of ether oxygens (including phenoxy) is 1. The van der Waals surface area contributed by atoms with Gasteiger partial charge in [-0.1, -0.05) is 24.3 Å². The first-order valence-electron chi connectivity index (χ1n) is 11.0. The second-order valence-electron chi connectivity index (χ2n) is 8.47. The third-order valence-corrected chi connectivity index (χ3v) is 7.68. The quantitative estimate of drug-likeness (QED) is 0.450. The van der Waals surface area contributed by atoms with Gasteiger partial charge >= 0.3 is 18.4 Å². The van der Waals surface area contributed by atoms with Crippen molar-refractivity contribution in [3.8, 4) is 5.75 Å². The number of para-hydroxylation sites is 1. The molecule has 1 aliphatic heterocycles. The van der Waals surface area contributed by atoms with Crippen LogP contribution < -0.4 is 15.8 Å². The maximum atomic E-state index is 14.3. The predicted molar refractivity (Wildman–Crippen MR) is 126 cm³/mol. The van der Waals surface area contributed by atoms with E-state index in [4.69, 9.17) is 5.73 Å². The maximum absolute atomic E-state index is 14.3. The molecule has 1 aliphatic rings. The van der Waals surface area contributed by atoms with E-state index in [1.54, 1.807) is 24.3 Å². The van der Waals surface area contributed by atoms with Crippen LogP contribution >= 0.6 is 0 Å². The molecule has 0 spiro atoms. The van der Waals surface area contributed by atoms with Gasteiger partial charge in [0.1, 0.15) is 11.9 Å². The minimum Gasteiger partial charge on any atom is -0.406 e. The van der Waals surface area contributed by atoms with E-state index in [1.165, 1.54) is 11.1 Å². The standard InChI is InChI=1S/C23H22F4N4O5S/c24-14-10-15(8-9-37(34,35)17-5-3-4-16(11-17)36-23(25,26)27)30(12-14)22(33)29-19-13-31(21(28)32)20-7-2-1-6-18(19)20/h1-7,11,13-15H,8-10,12H2,(H2,28,32)(H,29,33)/t14-,15-/m1/s1. The van der Waals surface area contributed by atoms with Gasteiger partial charge in [0.25, 0.3) is 0 Å². The van der Waals surface area contributed by atoms with E-state index in [0.29, 0.717) is 10.9 Å². The van der Waals surface area contributed by atoms with Gasteiger partial charge in [0.05, 0.1) is 28.4 Å². The average molecular weight is 543 g/mol. The van der Waals surface area contributed by atoms with E-state index in [2.05, 4.69) is 10.1 Å². The summed E-state index contributed by atoms with van der Waals surface area (Å²) in [5, 5.41) is 3.15. The Kier molecular flexibility index (Phi) is 7.04. The lowest BCUT2D eigenvalue weighted by atomic mass is 10.1. The number of hydrogen-bond donors (Lipinski definition) is 2. The molecule has 0 unspecified atom stereocenters. The van der Waals surface area contributed by atoms with Crippen LogP contribution in [0.5, 0.6) is 5.75 Å². The number of carbonyl (C=O) groups excluding carboxylic acids is 2. The van der Waals surface area contributed by atoms with Crippen LogP contribution in [0.4, 0.5) is 32.8 Å². The molecule has 9 nitrogen and oxygen atoms in total. The van der Waals surface area contributed by atoms with Crippen molar-refractivity contribution in [3.05, 3.63) is 54.7 Å². The van der Waals surface area contributed by atoms with Gasteiger partial charge in [0, 0.05) is 24.0 Å². The second kappa shape index (κ2) is 9.92. The fourth-order valence-electron chi connectivity index (χ4n) is 4.30. The first kappa shape index (κ1) is 26.3. The molecule has 0 radical (unpaired) electrons. The summed E-state index contributed by atoms with van der Waals surface area (Å²) in [5.74, 6) is -1.22. The molecule has 198 valence electrons. The van der Waals surface area contributed by atoms with Crippen LogP contribution in [0.25, 0.3) is 10.9 Å². The van der Waals surface area contributed by atoms with E-state index < -0.39 is 52.0 Å². The Morgan fingerprint density at radius 2 is 1.86 bits per heavy atom. The maximum Gasteiger partial charge on any atom is 0.573 e. The summed E-state index contributed by atoms with van der Waals surface area (Å²) in [6, 6.07) is 8.38. The van der Waals surface area contributed by atoms with Gasteiger partial charge in [-0.05, 0) is 30.7 Å². The molecule has 4 rings (SSSR count). The molecule has 1 saturated heterocycles. The molecule has 3 amide bonds. The summed E-state index contributed by atoms with van der Waals surface area (Å²) in [6.07, 6.45) is -5.30. The smallest absolute Gasteiger partial charge is 0.406 e. The Balaban J connectivity index is 1.48. The molecule has 2 heterocycles. The largest absolute Gasteiger partial charge is 0.573 e. The zero-order chi connectivity index (χ0) is 27.0. The van der Waals surface area contributed by atoms with E-state index in [-0.39, 0.29) is 30.0 Å². The van der Waals surface area contributed by atoms with Crippen molar-refractivity contribution < 1.29 is 40.3 Å². The lowest BCUT2D eigenvalue weighted by Gasteiger charge is -2.24. The Bertz CT molecular complexity index is 1440. The van der Waals surface area contributed by atoms with Crippen molar-refractivity contribution in [2.24, 2.45) is 5.73 Å². The van der Waals surface area contributed by atoms with Crippen LogP contribution in [-0.2, 0) is 9.84 Å². The van der Waals surface area contributed by atoms with Crippen molar-refractivity contribution >= 4 is 38.5 Å². The number of hydrogen-bond acceptors (Lipinski definition) is 5. The van der Waals surface area contributed by atoms with Crippen LogP contribution in [0, 0.1) is 0 Å². The number of nitrogens with one attached hydrogen (secondary N) is 1. The number of nitrogens with zero attached hydrogens (tertiary/aromatic N) is 2. The van der Waals surface area contributed by atoms with E-state index in [1.807, 2.05) is 0 Å². The highest BCUT2D eigenvalue weighted by atomic mass is 32.2. The van der Waals surface area contributed by atoms with Crippen LogP contribution in [0.15, 0.2) is 59.6 Å². The normalized spacial score (nSPS) is 18.2. The zero-order valence-corrected chi connectivity index (χ0v) is 19.9. The number of nitrogens with two attached hydrogens (primary N) is 1. The Hall–Kier alpha value is -3.81. The van der Waals surface area contributed by atoms with Crippen molar-refractivity contribution in [2.75, 3.05) is 17.6 Å². The summed E-state index contributed by atoms with van der Waals surface area (Å²) < 4.78 is 82.2. The number of sulfone groups is 1. The molecule has 37 heavy (non-hydrogen) atoms. The van der Waals surface area contributed by atoms with Crippen LogP contribution in [-0.4, -0.2) is 60.8 Å². The van der Waals surface area contributed by atoms with Crippen molar-refractivity contribution in [3.63, 3.8) is 0 Å². The number of aromatic nitrogens is 1. The number of anilines is 1. The van der Waals surface area contributed by atoms with Gasteiger partial charge in [-0.25, -0.2) is 22.4 Å². The molecular weight excluding hydrogens is 520 g/mol. The Labute approximate surface area is 208 Å². The zero-order valence-electron chi connectivity index (χ0n) is 19.1. The molecule has 2 atom stereocenters. The van der Waals surface area contributed by atoms with E-state index in [9.17, 15) is 35.6 Å². The molecule has 0 bridgehead atoms. The molecule has 3 N–H and O–H groups in total. The highest BCUT2D eigenvalue weighted by Crippen LogP contribution is 2.30. The third kappa shape index (κ3) is 5.96. The number of primary amides is 1. The minimum atomic E-state index is -4.99. The number of carbonyl (C=O) groups is 2. The van der Waals surface area contributed by atoms with Crippen LogP contribution in [0.3, 0.4) is 0 Å². The lowest BCUT2D eigenvalue weighted by molar-refractivity contribution is -0.274.